The number of nitrogens with zero attached hydrogens (tertiary/aromatic N) is 5. The summed E-state index contributed by atoms with van der Waals surface area (Å²) in [4.78, 5) is 16.7. The summed E-state index contributed by atoms with van der Waals surface area (Å²) in [6.45, 7) is 5.34. The molecule has 106 valence electrons. The molecule has 2 aromatic rings. The van der Waals surface area contributed by atoms with Gasteiger partial charge in [-0.15, -0.1) is 0 Å². The van der Waals surface area contributed by atoms with Gasteiger partial charge < -0.3 is 10.3 Å². The molecular formula is C13H19N7. The van der Waals surface area contributed by atoms with Crippen LogP contribution in [0.1, 0.15) is 17.8 Å². The standard InChI is InChI=1S/C13H19N7/c1-10-8-11(2)18-13(17-10)19-12(14)16-4-3-6-20-7-5-15-9-20/h5,7-9H,3-4,6H2,1-2H3,(H3,14,16,17,18,19). The minimum atomic E-state index is 0.334. The van der Waals surface area contributed by atoms with Crippen LogP contribution in [0.4, 0.5) is 5.95 Å². The van der Waals surface area contributed by atoms with Crippen LogP contribution in [0.3, 0.4) is 0 Å². The second kappa shape index (κ2) is 6.65. The number of aromatic nitrogens is 4. The number of guanidine groups is 1. The minimum Gasteiger partial charge on any atom is -0.370 e. The number of anilines is 1. The lowest BCUT2D eigenvalue weighted by molar-refractivity contribution is 0.650. The number of aliphatic imine (C=N–C) groups is 1. The fourth-order valence-electron chi connectivity index (χ4n) is 1.81. The second-order valence-electron chi connectivity index (χ2n) is 4.52. The third kappa shape index (κ3) is 4.34. The number of aryl methyl sites for hydroxylation is 3. The third-order valence-corrected chi connectivity index (χ3v) is 2.64. The van der Waals surface area contributed by atoms with Gasteiger partial charge in [0, 0.05) is 36.9 Å². The molecule has 0 bridgehead atoms. The largest absolute Gasteiger partial charge is 0.370 e. The van der Waals surface area contributed by atoms with E-state index in [1.165, 1.54) is 0 Å². The zero-order valence-corrected chi connectivity index (χ0v) is 11.7. The van der Waals surface area contributed by atoms with Gasteiger partial charge >= 0.3 is 0 Å². The van der Waals surface area contributed by atoms with Crippen LogP contribution in [-0.4, -0.2) is 32.0 Å². The van der Waals surface area contributed by atoms with Gasteiger partial charge in [-0.3, -0.25) is 10.3 Å². The zero-order valence-electron chi connectivity index (χ0n) is 11.7. The van der Waals surface area contributed by atoms with E-state index in [1.807, 2.05) is 30.7 Å². The Morgan fingerprint density at radius 2 is 2.10 bits per heavy atom. The molecular weight excluding hydrogens is 254 g/mol. The first kappa shape index (κ1) is 14.0. The van der Waals surface area contributed by atoms with Gasteiger partial charge in [-0.05, 0) is 26.3 Å². The van der Waals surface area contributed by atoms with Crippen LogP contribution in [0.25, 0.3) is 0 Å². The summed E-state index contributed by atoms with van der Waals surface area (Å²) in [5, 5.41) is 2.90. The van der Waals surface area contributed by atoms with Gasteiger partial charge in [-0.2, -0.15) is 0 Å². The summed E-state index contributed by atoms with van der Waals surface area (Å²) in [5.41, 5.74) is 7.60. The molecule has 0 spiro atoms. The molecule has 0 aromatic carbocycles. The highest BCUT2D eigenvalue weighted by molar-refractivity contribution is 5.90. The van der Waals surface area contributed by atoms with Crippen LogP contribution < -0.4 is 11.1 Å². The summed E-state index contributed by atoms with van der Waals surface area (Å²) in [5.74, 6) is 0.819. The fourth-order valence-corrected chi connectivity index (χ4v) is 1.81. The Balaban J connectivity index is 1.81. The molecule has 0 aliphatic heterocycles. The van der Waals surface area contributed by atoms with E-state index in [9.17, 15) is 0 Å². The SMILES string of the molecule is Cc1cc(C)nc(NC(N)=NCCCn2ccnc2)n1. The number of nitrogens with one attached hydrogen (secondary N) is 1. The average Bonchev–Trinajstić information content (AvgIpc) is 2.86. The summed E-state index contributed by atoms with van der Waals surface area (Å²) >= 11 is 0. The summed E-state index contributed by atoms with van der Waals surface area (Å²) in [6.07, 6.45) is 6.37. The Labute approximate surface area is 118 Å². The molecule has 0 saturated carbocycles. The lowest BCUT2D eigenvalue weighted by Crippen LogP contribution is -2.24. The maximum absolute atomic E-state index is 5.81. The highest BCUT2D eigenvalue weighted by Crippen LogP contribution is 2.03. The van der Waals surface area contributed by atoms with E-state index in [2.05, 4.69) is 25.3 Å². The smallest absolute Gasteiger partial charge is 0.229 e. The molecule has 2 aromatic heterocycles. The number of rotatable bonds is 5. The normalized spacial score (nSPS) is 11.6. The molecule has 7 nitrogen and oxygen atoms in total. The molecule has 0 unspecified atom stereocenters. The van der Waals surface area contributed by atoms with Gasteiger partial charge in [0.2, 0.25) is 5.95 Å². The van der Waals surface area contributed by atoms with Crippen molar-refractivity contribution >= 4 is 11.9 Å². The van der Waals surface area contributed by atoms with Gasteiger partial charge in [0.05, 0.1) is 6.33 Å². The molecule has 2 rings (SSSR count). The maximum Gasteiger partial charge on any atom is 0.229 e. The van der Waals surface area contributed by atoms with Crippen molar-refractivity contribution < 1.29 is 0 Å². The minimum absolute atomic E-state index is 0.334. The molecule has 7 heteroatoms. The van der Waals surface area contributed by atoms with E-state index < -0.39 is 0 Å². The molecule has 0 saturated heterocycles. The van der Waals surface area contributed by atoms with E-state index in [1.54, 1.807) is 12.5 Å². The maximum atomic E-state index is 5.81. The van der Waals surface area contributed by atoms with Crippen molar-refractivity contribution in [2.45, 2.75) is 26.8 Å². The zero-order chi connectivity index (χ0) is 14.4. The quantitative estimate of drug-likeness (QED) is 0.483. The van der Waals surface area contributed by atoms with Crippen molar-refractivity contribution in [2.24, 2.45) is 10.7 Å². The Morgan fingerprint density at radius 3 is 2.75 bits per heavy atom. The molecule has 20 heavy (non-hydrogen) atoms. The summed E-state index contributed by atoms with van der Waals surface area (Å²) < 4.78 is 2.01. The monoisotopic (exact) mass is 273 g/mol. The molecule has 0 aliphatic carbocycles. The van der Waals surface area contributed by atoms with Crippen LogP contribution in [-0.2, 0) is 6.54 Å². The van der Waals surface area contributed by atoms with Crippen molar-refractivity contribution in [3.63, 3.8) is 0 Å². The molecule has 0 fully saturated rings. The lowest BCUT2D eigenvalue weighted by atomic mass is 10.4. The van der Waals surface area contributed by atoms with Crippen LogP contribution in [0.5, 0.6) is 0 Å². The molecule has 0 radical (unpaired) electrons. The predicted octanol–water partition coefficient (Wildman–Crippen LogP) is 1.11. The predicted molar refractivity (Wildman–Crippen MR) is 78.5 cm³/mol. The van der Waals surface area contributed by atoms with Crippen molar-refractivity contribution in [3.05, 3.63) is 36.2 Å². The number of nitrogens with two attached hydrogens (primary N) is 1. The lowest BCUT2D eigenvalue weighted by Gasteiger charge is -2.06. The third-order valence-electron chi connectivity index (χ3n) is 2.64. The molecule has 2 heterocycles. The Hall–Kier alpha value is -2.44. The van der Waals surface area contributed by atoms with Crippen molar-refractivity contribution in [1.82, 2.24) is 19.5 Å². The van der Waals surface area contributed by atoms with Gasteiger partial charge in [-0.25, -0.2) is 15.0 Å². The van der Waals surface area contributed by atoms with E-state index in [0.29, 0.717) is 18.5 Å². The van der Waals surface area contributed by atoms with Crippen LogP contribution >= 0.6 is 0 Å². The number of imidazole rings is 1. The van der Waals surface area contributed by atoms with E-state index in [0.717, 1.165) is 24.4 Å². The Kier molecular flexibility index (Phi) is 4.65. The van der Waals surface area contributed by atoms with Crippen LogP contribution in [0.2, 0.25) is 0 Å². The van der Waals surface area contributed by atoms with E-state index in [4.69, 9.17) is 5.73 Å². The molecule has 3 N–H and O–H groups in total. The second-order valence-corrected chi connectivity index (χ2v) is 4.52. The van der Waals surface area contributed by atoms with Crippen LogP contribution in [0, 0.1) is 13.8 Å². The molecule has 0 aliphatic rings. The van der Waals surface area contributed by atoms with E-state index >= 15 is 0 Å². The number of hydrogen-bond donors (Lipinski definition) is 2. The van der Waals surface area contributed by atoms with Gasteiger partial charge in [-0.1, -0.05) is 0 Å². The van der Waals surface area contributed by atoms with Gasteiger partial charge in [0.25, 0.3) is 0 Å². The Bertz CT molecular complexity index is 554. The van der Waals surface area contributed by atoms with E-state index in [-0.39, 0.29) is 0 Å². The fraction of sp³-hybridized carbons (Fsp3) is 0.385. The van der Waals surface area contributed by atoms with Gasteiger partial charge in [0.15, 0.2) is 5.96 Å². The van der Waals surface area contributed by atoms with Crippen molar-refractivity contribution in [1.29, 1.82) is 0 Å². The van der Waals surface area contributed by atoms with Crippen molar-refractivity contribution in [3.8, 4) is 0 Å². The summed E-state index contributed by atoms with van der Waals surface area (Å²) in [6, 6.07) is 1.91. The topological polar surface area (TPSA) is 94.0 Å². The first-order valence-electron chi connectivity index (χ1n) is 6.48. The van der Waals surface area contributed by atoms with Crippen molar-refractivity contribution in [2.75, 3.05) is 11.9 Å². The molecule has 0 amide bonds. The highest BCUT2D eigenvalue weighted by atomic mass is 15.2. The van der Waals surface area contributed by atoms with Crippen LogP contribution in [0.15, 0.2) is 29.8 Å². The molecule has 0 atom stereocenters. The first-order valence-corrected chi connectivity index (χ1v) is 6.48. The Morgan fingerprint density at radius 1 is 1.35 bits per heavy atom. The number of hydrogen-bond acceptors (Lipinski definition) is 4. The highest BCUT2D eigenvalue weighted by Gasteiger charge is 2.00. The average molecular weight is 273 g/mol. The summed E-state index contributed by atoms with van der Waals surface area (Å²) in [7, 11) is 0. The van der Waals surface area contributed by atoms with Gasteiger partial charge in [0.1, 0.15) is 0 Å². The first-order chi connectivity index (χ1) is 9.63.